The smallest absolute Gasteiger partial charge is 0.308 e. The van der Waals surface area contributed by atoms with Crippen molar-refractivity contribution < 1.29 is 22.9 Å². The Bertz CT molecular complexity index is 911. The van der Waals surface area contributed by atoms with E-state index in [1.165, 1.54) is 16.4 Å². The van der Waals surface area contributed by atoms with Crippen LogP contribution in [0.25, 0.3) is 11.0 Å². The Morgan fingerprint density at radius 3 is 2.74 bits per heavy atom. The van der Waals surface area contributed by atoms with Crippen LogP contribution in [0.5, 0.6) is 0 Å². The van der Waals surface area contributed by atoms with Gasteiger partial charge in [-0.25, -0.2) is 13.0 Å². The maximum atomic E-state index is 13.1. The number of nitrogens with zero attached hydrogens (tertiary/aromatic N) is 3. The van der Waals surface area contributed by atoms with Crippen LogP contribution in [0.15, 0.2) is 21.7 Å². The first kappa shape index (κ1) is 14.9. The van der Waals surface area contributed by atoms with Gasteiger partial charge in [-0.1, -0.05) is 11.6 Å². The van der Waals surface area contributed by atoms with E-state index in [4.69, 9.17) is 11.6 Å². The minimum Gasteiger partial charge on any atom is -0.481 e. The molecule has 2 fully saturated rings. The lowest BCUT2D eigenvalue weighted by atomic mass is 9.89. The predicted molar refractivity (Wildman–Crippen MR) is 78.4 cm³/mol. The Morgan fingerprint density at radius 1 is 1.30 bits per heavy atom. The number of fused-ring (bicyclic) bond motifs is 3. The van der Waals surface area contributed by atoms with Crippen LogP contribution in [0.2, 0.25) is 5.02 Å². The lowest BCUT2D eigenvalue weighted by Gasteiger charge is -2.22. The van der Waals surface area contributed by atoms with Gasteiger partial charge in [-0.3, -0.25) is 4.79 Å². The van der Waals surface area contributed by atoms with E-state index in [-0.39, 0.29) is 27.0 Å². The van der Waals surface area contributed by atoms with E-state index in [1.54, 1.807) is 0 Å². The number of benzene rings is 1. The lowest BCUT2D eigenvalue weighted by molar-refractivity contribution is -0.142. The summed E-state index contributed by atoms with van der Waals surface area (Å²) in [5.41, 5.74) is 0.241. The normalized spacial score (nSPS) is 27.8. The first-order chi connectivity index (χ1) is 10.9. The van der Waals surface area contributed by atoms with E-state index < -0.39 is 28.0 Å². The number of carboxylic acids is 1. The molecule has 122 valence electrons. The van der Waals surface area contributed by atoms with Gasteiger partial charge >= 0.3 is 5.97 Å². The highest BCUT2D eigenvalue weighted by Crippen LogP contribution is 2.45. The van der Waals surface area contributed by atoms with Gasteiger partial charge in [0.05, 0.1) is 10.9 Å². The fourth-order valence-corrected chi connectivity index (χ4v) is 5.94. The molecule has 0 spiro atoms. The van der Waals surface area contributed by atoms with Gasteiger partial charge < -0.3 is 5.11 Å². The van der Waals surface area contributed by atoms with E-state index in [0.717, 1.165) is 0 Å². The number of carboxylic acid groups (broad SMARTS) is 1. The first-order valence-electron chi connectivity index (χ1n) is 7.08. The maximum Gasteiger partial charge on any atom is 0.308 e. The van der Waals surface area contributed by atoms with Crippen LogP contribution in [0.3, 0.4) is 0 Å². The lowest BCUT2D eigenvalue weighted by Crippen LogP contribution is -2.37. The Labute approximate surface area is 136 Å². The van der Waals surface area contributed by atoms with Crippen molar-refractivity contribution in [1.29, 1.82) is 0 Å². The van der Waals surface area contributed by atoms with Crippen molar-refractivity contribution in [1.82, 2.24) is 14.6 Å². The van der Waals surface area contributed by atoms with Crippen molar-refractivity contribution in [2.24, 2.45) is 5.92 Å². The van der Waals surface area contributed by atoms with Crippen molar-refractivity contribution in [3.63, 3.8) is 0 Å². The number of rotatable bonds is 3. The first-order valence-corrected chi connectivity index (χ1v) is 8.90. The largest absolute Gasteiger partial charge is 0.481 e. The average Bonchev–Trinajstić information content (AvgIpc) is 3.21. The number of carbonyl (C=O) groups is 1. The molecular weight excluding hydrogens is 346 g/mol. The van der Waals surface area contributed by atoms with Crippen molar-refractivity contribution in [3.05, 3.63) is 17.2 Å². The summed E-state index contributed by atoms with van der Waals surface area (Å²) >= 11 is 5.97. The number of halogens is 1. The minimum absolute atomic E-state index is 0.0545. The summed E-state index contributed by atoms with van der Waals surface area (Å²) in [6.45, 7) is 0. The number of sulfonamides is 1. The van der Waals surface area contributed by atoms with E-state index in [1.807, 2.05) is 0 Å². The third-order valence-corrected chi connectivity index (χ3v) is 6.99. The molecule has 3 heterocycles. The minimum atomic E-state index is -3.91. The summed E-state index contributed by atoms with van der Waals surface area (Å²) in [5, 5.41) is 16.8. The molecule has 3 atom stereocenters. The Balaban J connectivity index is 1.84. The molecule has 8 nitrogen and oxygen atoms in total. The van der Waals surface area contributed by atoms with Crippen LogP contribution >= 0.6 is 11.6 Å². The number of hydrogen-bond donors (Lipinski definition) is 1. The molecule has 2 bridgehead atoms. The molecule has 0 amide bonds. The Kier molecular flexibility index (Phi) is 3.16. The Morgan fingerprint density at radius 2 is 2.04 bits per heavy atom. The Hall–Kier alpha value is -1.71. The molecule has 2 saturated heterocycles. The molecular formula is C13H12ClN3O5S. The molecule has 23 heavy (non-hydrogen) atoms. The standard InChI is InChI=1S/C13H12ClN3O5S/c14-8-2-4-10(12-11(8)15-22-16-12)23(20,21)17-6-1-3-9(17)7(5-6)13(18)19/h2,4,6-7,9H,1,3,5H2,(H,18,19). The molecule has 4 rings (SSSR count). The van der Waals surface area contributed by atoms with E-state index in [2.05, 4.69) is 14.9 Å². The van der Waals surface area contributed by atoms with E-state index in [9.17, 15) is 18.3 Å². The zero-order valence-electron chi connectivity index (χ0n) is 11.7. The van der Waals surface area contributed by atoms with Crippen LogP contribution in [0, 0.1) is 5.92 Å². The summed E-state index contributed by atoms with van der Waals surface area (Å²) in [5.74, 6) is -1.62. The summed E-state index contributed by atoms with van der Waals surface area (Å²) < 4.78 is 32.1. The number of aliphatic carboxylic acids is 1. The molecule has 1 aromatic heterocycles. The van der Waals surface area contributed by atoms with Crippen molar-refractivity contribution in [2.45, 2.75) is 36.2 Å². The molecule has 1 aromatic carbocycles. The quantitative estimate of drug-likeness (QED) is 0.885. The number of hydrogen-bond acceptors (Lipinski definition) is 6. The zero-order chi connectivity index (χ0) is 16.4. The van der Waals surface area contributed by atoms with Gasteiger partial charge in [-0.05, 0) is 41.7 Å². The van der Waals surface area contributed by atoms with Crippen LogP contribution in [-0.2, 0) is 14.8 Å². The predicted octanol–water partition coefficient (Wildman–Crippen LogP) is 1.50. The van der Waals surface area contributed by atoms with Gasteiger partial charge in [0.1, 0.15) is 4.90 Å². The molecule has 0 radical (unpaired) electrons. The summed E-state index contributed by atoms with van der Waals surface area (Å²) in [6.07, 6.45) is 1.56. The van der Waals surface area contributed by atoms with Gasteiger partial charge in [0.25, 0.3) is 0 Å². The SMILES string of the molecule is O=C(O)C1CC2CCC1N2S(=O)(=O)c1ccc(Cl)c2nonc12. The molecule has 10 heteroatoms. The van der Waals surface area contributed by atoms with Crippen LogP contribution < -0.4 is 0 Å². The molecule has 1 N–H and O–H groups in total. The maximum absolute atomic E-state index is 13.1. The summed E-state index contributed by atoms with van der Waals surface area (Å²) in [4.78, 5) is 11.3. The topological polar surface area (TPSA) is 114 Å². The van der Waals surface area contributed by atoms with Gasteiger partial charge in [0.2, 0.25) is 10.0 Å². The van der Waals surface area contributed by atoms with Crippen molar-refractivity contribution in [3.8, 4) is 0 Å². The van der Waals surface area contributed by atoms with Gasteiger partial charge in [-0.2, -0.15) is 4.31 Å². The average molecular weight is 358 g/mol. The van der Waals surface area contributed by atoms with E-state index >= 15 is 0 Å². The molecule has 3 unspecified atom stereocenters. The molecule has 2 aliphatic heterocycles. The molecule has 2 aliphatic rings. The van der Waals surface area contributed by atoms with Gasteiger partial charge in [0, 0.05) is 12.1 Å². The van der Waals surface area contributed by atoms with Crippen LogP contribution in [0.1, 0.15) is 19.3 Å². The summed E-state index contributed by atoms with van der Waals surface area (Å²) in [6, 6.07) is 1.97. The van der Waals surface area contributed by atoms with Crippen LogP contribution in [0.4, 0.5) is 0 Å². The highest BCUT2D eigenvalue weighted by molar-refractivity contribution is 7.89. The fourth-order valence-electron chi connectivity index (χ4n) is 3.71. The van der Waals surface area contributed by atoms with Gasteiger partial charge in [-0.15, -0.1) is 0 Å². The zero-order valence-corrected chi connectivity index (χ0v) is 13.3. The third-order valence-electron chi connectivity index (χ3n) is 4.67. The number of aromatic nitrogens is 2. The summed E-state index contributed by atoms with van der Waals surface area (Å²) in [7, 11) is -3.91. The second-order valence-corrected chi connectivity index (χ2v) is 8.04. The van der Waals surface area contributed by atoms with Gasteiger partial charge in [0.15, 0.2) is 11.0 Å². The van der Waals surface area contributed by atoms with E-state index in [0.29, 0.717) is 19.3 Å². The fraction of sp³-hybridized carbons (Fsp3) is 0.462. The highest BCUT2D eigenvalue weighted by atomic mass is 35.5. The van der Waals surface area contributed by atoms with Crippen molar-refractivity contribution in [2.75, 3.05) is 0 Å². The third kappa shape index (κ3) is 2.00. The monoisotopic (exact) mass is 357 g/mol. The second-order valence-electron chi connectivity index (χ2n) is 5.82. The van der Waals surface area contributed by atoms with Crippen molar-refractivity contribution >= 4 is 38.6 Å². The molecule has 2 aromatic rings. The molecule has 0 aliphatic carbocycles. The second kappa shape index (κ2) is 4.89. The highest BCUT2D eigenvalue weighted by Gasteiger charge is 2.54. The van der Waals surface area contributed by atoms with Crippen LogP contribution in [-0.4, -0.2) is 46.2 Å². The molecule has 0 saturated carbocycles.